The Morgan fingerprint density at radius 3 is 2.43 bits per heavy atom. The van der Waals surface area contributed by atoms with Gasteiger partial charge in [0.15, 0.2) is 0 Å². The Bertz CT molecular complexity index is 901. The van der Waals surface area contributed by atoms with Gasteiger partial charge in [0.2, 0.25) is 5.91 Å². The Morgan fingerprint density at radius 2 is 1.79 bits per heavy atom. The third-order valence-electron chi connectivity index (χ3n) is 4.48. The van der Waals surface area contributed by atoms with Gasteiger partial charge in [-0.2, -0.15) is 0 Å². The number of hydrogen-bond donors (Lipinski definition) is 1. The first-order valence-electron chi connectivity index (χ1n) is 9.60. The average Bonchev–Trinajstić information content (AvgIpc) is 3.17. The van der Waals surface area contributed by atoms with Crippen LogP contribution >= 0.6 is 11.3 Å². The van der Waals surface area contributed by atoms with E-state index in [-0.39, 0.29) is 11.9 Å². The molecule has 28 heavy (non-hydrogen) atoms. The Labute approximate surface area is 170 Å². The lowest BCUT2D eigenvalue weighted by Crippen LogP contribution is -2.30. The highest BCUT2D eigenvalue weighted by Gasteiger charge is 2.08. The van der Waals surface area contributed by atoms with Crippen molar-refractivity contribution in [2.24, 2.45) is 0 Å². The molecule has 0 saturated carbocycles. The lowest BCUT2D eigenvalue weighted by molar-refractivity contribution is -0.119. The molecule has 0 spiro atoms. The van der Waals surface area contributed by atoms with Gasteiger partial charge in [-0.1, -0.05) is 24.3 Å². The summed E-state index contributed by atoms with van der Waals surface area (Å²) in [5.41, 5.74) is 4.48. The van der Waals surface area contributed by atoms with Crippen molar-refractivity contribution in [3.05, 3.63) is 59.5 Å². The van der Waals surface area contributed by atoms with Crippen molar-refractivity contribution in [1.82, 2.24) is 10.3 Å². The van der Waals surface area contributed by atoms with Gasteiger partial charge >= 0.3 is 0 Å². The van der Waals surface area contributed by atoms with Gasteiger partial charge < -0.3 is 10.1 Å². The van der Waals surface area contributed by atoms with Gasteiger partial charge in [-0.3, -0.25) is 4.79 Å². The summed E-state index contributed by atoms with van der Waals surface area (Å²) < 4.78 is 5.50. The number of benzene rings is 2. The SMILES string of the molecule is CCOc1ccc(-c2nc(-c3ccc(CC[C@@H](C)NC(C)=O)cc3)cs2)cc1. The van der Waals surface area contributed by atoms with E-state index in [9.17, 15) is 4.79 Å². The summed E-state index contributed by atoms with van der Waals surface area (Å²) in [4.78, 5) is 15.9. The standard InChI is InChI=1S/C23H26N2O2S/c1-4-27-21-13-11-20(12-14-21)23-25-22(15-28-23)19-9-7-18(8-10-19)6-5-16(2)24-17(3)26/h7-16H,4-6H2,1-3H3,(H,24,26)/t16-/m1/s1. The van der Waals surface area contributed by atoms with Crippen molar-refractivity contribution in [2.45, 2.75) is 39.7 Å². The molecule has 0 unspecified atom stereocenters. The molecule has 1 amide bonds. The fourth-order valence-corrected chi connectivity index (χ4v) is 3.88. The van der Waals surface area contributed by atoms with Crippen molar-refractivity contribution < 1.29 is 9.53 Å². The van der Waals surface area contributed by atoms with Crippen LogP contribution in [0.15, 0.2) is 53.9 Å². The number of amides is 1. The third kappa shape index (κ3) is 5.42. The number of aromatic nitrogens is 1. The highest BCUT2D eigenvalue weighted by Crippen LogP contribution is 2.30. The molecule has 3 aromatic rings. The van der Waals surface area contributed by atoms with Crippen LogP contribution in [0.2, 0.25) is 0 Å². The average molecular weight is 395 g/mol. The second-order valence-electron chi connectivity index (χ2n) is 6.83. The maximum absolute atomic E-state index is 11.1. The van der Waals surface area contributed by atoms with E-state index in [1.165, 1.54) is 5.56 Å². The minimum atomic E-state index is 0.0229. The highest BCUT2D eigenvalue weighted by molar-refractivity contribution is 7.13. The maximum Gasteiger partial charge on any atom is 0.217 e. The molecule has 1 atom stereocenters. The van der Waals surface area contributed by atoms with E-state index in [0.29, 0.717) is 6.61 Å². The van der Waals surface area contributed by atoms with Gasteiger partial charge in [0.25, 0.3) is 0 Å². The molecule has 1 N–H and O–H groups in total. The van der Waals surface area contributed by atoms with Crippen molar-refractivity contribution in [3.63, 3.8) is 0 Å². The number of nitrogens with one attached hydrogen (secondary N) is 1. The summed E-state index contributed by atoms with van der Waals surface area (Å²) in [7, 11) is 0. The first kappa shape index (κ1) is 20.1. The fourth-order valence-electron chi connectivity index (χ4n) is 3.04. The molecule has 0 saturated heterocycles. The van der Waals surface area contributed by atoms with E-state index in [0.717, 1.165) is 40.4 Å². The first-order chi connectivity index (χ1) is 13.5. The van der Waals surface area contributed by atoms with Crippen LogP contribution in [0.4, 0.5) is 0 Å². The molecule has 1 heterocycles. The maximum atomic E-state index is 11.1. The van der Waals surface area contributed by atoms with Gasteiger partial charge in [-0.25, -0.2) is 4.98 Å². The minimum absolute atomic E-state index is 0.0229. The summed E-state index contributed by atoms with van der Waals surface area (Å²) >= 11 is 1.65. The summed E-state index contributed by atoms with van der Waals surface area (Å²) in [6.45, 7) is 6.24. The van der Waals surface area contributed by atoms with Crippen molar-refractivity contribution in [3.8, 4) is 27.6 Å². The molecule has 1 aromatic heterocycles. The van der Waals surface area contributed by atoms with Crippen LogP contribution < -0.4 is 10.1 Å². The smallest absolute Gasteiger partial charge is 0.217 e. The molecule has 4 nitrogen and oxygen atoms in total. The van der Waals surface area contributed by atoms with Gasteiger partial charge in [0.1, 0.15) is 10.8 Å². The molecule has 0 aliphatic heterocycles. The van der Waals surface area contributed by atoms with E-state index in [2.05, 4.69) is 35.0 Å². The Balaban J connectivity index is 1.64. The molecule has 0 aliphatic rings. The summed E-state index contributed by atoms with van der Waals surface area (Å²) in [6, 6.07) is 16.8. The molecule has 0 fully saturated rings. The predicted octanol–water partition coefficient (Wildman–Crippen LogP) is 5.33. The molecule has 0 aliphatic carbocycles. The number of carbonyl (C=O) groups excluding carboxylic acids is 1. The monoisotopic (exact) mass is 394 g/mol. The lowest BCUT2D eigenvalue weighted by Gasteiger charge is -2.12. The van der Waals surface area contributed by atoms with Crippen LogP contribution in [-0.4, -0.2) is 23.5 Å². The number of nitrogens with zero attached hydrogens (tertiary/aromatic N) is 1. The zero-order chi connectivity index (χ0) is 19.9. The first-order valence-corrected chi connectivity index (χ1v) is 10.5. The van der Waals surface area contributed by atoms with Crippen molar-refractivity contribution in [2.75, 3.05) is 6.61 Å². The second kappa shape index (κ2) is 9.51. The van der Waals surface area contributed by atoms with E-state index >= 15 is 0 Å². The van der Waals surface area contributed by atoms with Crippen molar-refractivity contribution >= 4 is 17.2 Å². The number of thiazole rings is 1. The molecular weight excluding hydrogens is 368 g/mol. The van der Waals surface area contributed by atoms with Gasteiger partial charge in [0.05, 0.1) is 12.3 Å². The van der Waals surface area contributed by atoms with E-state index < -0.39 is 0 Å². The van der Waals surface area contributed by atoms with Gasteiger partial charge in [0, 0.05) is 29.5 Å². The molecule has 0 radical (unpaired) electrons. The zero-order valence-electron chi connectivity index (χ0n) is 16.6. The van der Waals surface area contributed by atoms with Crippen LogP contribution in [0.25, 0.3) is 21.8 Å². The summed E-state index contributed by atoms with van der Waals surface area (Å²) in [5.74, 6) is 0.904. The summed E-state index contributed by atoms with van der Waals surface area (Å²) in [5, 5.41) is 6.03. The zero-order valence-corrected chi connectivity index (χ0v) is 17.4. The molecular formula is C23H26N2O2S. The molecule has 5 heteroatoms. The van der Waals surface area contributed by atoms with Crippen LogP contribution in [0.5, 0.6) is 5.75 Å². The molecule has 3 rings (SSSR count). The minimum Gasteiger partial charge on any atom is -0.494 e. The number of ether oxygens (including phenoxy) is 1. The molecule has 2 aromatic carbocycles. The fraction of sp³-hybridized carbons (Fsp3) is 0.304. The Morgan fingerprint density at radius 1 is 1.11 bits per heavy atom. The van der Waals surface area contributed by atoms with E-state index in [4.69, 9.17) is 9.72 Å². The predicted molar refractivity (Wildman–Crippen MR) is 116 cm³/mol. The topological polar surface area (TPSA) is 51.2 Å². The van der Waals surface area contributed by atoms with Gasteiger partial charge in [-0.15, -0.1) is 11.3 Å². The van der Waals surface area contributed by atoms with Crippen LogP contribution in [0.3, 0.4) is 0 Å². The molecule has 146 valence electrons. The van der Waals surface area contributed by atoms with Crippen molar-refractivity contribution in [1.29, 1.82) is 0 Å². The Kier molecular flexibility index (Phi) is 6.82. The molecule has 0 bridgehead atoms. The number of hydrogen-bond acceptors (Lipinski definition) is 4. The quantitative estimate of drug-likeness (QED) is 0.561. The highest BCUT2D eigenvalue weighted by atomic mass is 32.1. The van der Waals surface area contributed by atoms with Gasteiger partial charge in [-0.05, 0) is 56.5 Å². The van der Waals surface area contributed by atoms with Crippen LogP contribution in [-0.2, 0) is 11.2 Å². The van der Waals surface area contributed by atoms with E-state index in [1.807, 2.05) is 38.1 Å². The van der Waals surface area contributed by atoms with E-state index in [1.54, 1.807) is 18.3 Å². The normalized spacial score (nSPS) is 11.8. The number of carbonyl (C=O) groups is 1. The lowest BCUT2D eigenvalue weighted by atomic mass is 10.0. The second-order valence-corrected chi connectivity index (χ2v) is 7.69. The van der Waals surface area contributed by atoms with Crippen LogP contribution in [0.1, 0.15) is 32.8 Å². The number of rotatable bonds is 8. The number of aryl methyl sites for hydroxylation is 1. The van der Waals surface area contributed by atoms with Crippen LogP contribution in [0, 0.1) is 0 Å². The summed E-state index contributed by atoms with van der Waals surface area (Å²) in [6.07, 6.45) is 1.87. The largest absolute Gasteiger partial charge is 0.494 e. The third-order valence-corrected chi connectivity index (χ3v) is 5.37. The Hall–Kier alpha value is -2.66.